The Bertz CT molecular complexity index is 413. The van der Waals surface area contributed by atoms with E-state index in [0.717, 1.165) is 18.8 Å². The van der Waals surface area contributed by atoms with Crippen molar-refractivity contribution < 1.29 is 9.59 Å². The normalized spacial score (nSPS) is 49.5. The lowest BCUT2D eigenvalue weighted by atomic mass is 9.53. The Morgan fingerprint density at radius 2 is 1.58 bits per heavy atom. The third kappa shape index (κ3) is 1.75. The van der Waals surface area contributed by atoms with Crippen molar-refractivity contribution in [2.45, 2.75) is 57.8 Å². The van der Waals surface area contributed by atoms with Gasteiger partial charge in [0, 0.05) is 24.7 Å². The van der Waals surface area contributed by atoms with Crippen molar-refractivity contribution in [1.82, 2.24) is 0 Å². The Morgan fingerprint density at radius 1 is 0.737 bits per heavy atom. The fraction of sp³-hybridized carbons (Fsp3) is 0.882. The van der Waals surface area contributed by atoms with Crippen LogP contribution in [-0.4, -0.2) is 11.6 Å². The summed E-state index contributed by atoms with van der Waals surface area (Å²) in [5, 5.41) is 0. The second-order valence-electron chi connectivity index (χ2n) is 7.42. The summed E-state index contributed by atoms with van der Waals surface area (Å²) in [6.07, 6.45) is 10.3. The average Bonchev–Trinajstić information content (AvgIpc) is 2.80. The third-order valence-electron chi connectivity index (χ3n) is 6.76. The molecular formula is C17H24O2. The number of hydrogen-bond acceptors (Lipinski definition) is 2. The summed E-state index contributed by atoms with van der Waals surface area (Å²) in [6.45, 7) is 0. The smallest absolute Gasteiger partial charge is 0.137 e. The molecule has 4 aliphatic carbocycles. The number of Topliss-reactive ketones (excluding diaryl/α,β-unsaturated/α-hetero) is 2. The van der Waals surface area contributed by atoms with Gasteiger partial charge in [-0.2, -0.15) is 0 Å². The van der Waals surface area contributed by atoms with Gasteiger partial charge in [0.15, 0.2) is 0 Å². The number of hydrogen-bond donors (Lipinski definition) is 0. The van der Waals surface area contributed by atoms with Crippen LogP contribution in [0.25, 0.3) is 0 Å². The van der Waals surface area contributed by atoms with E-state index in [0.29, 0.717) is 41.7 Å². The van der Waals surface area contributed by atoms with Gasteiger partial charge in [-0.05, 0) is 49.4 Å². The molecule has 2 heteroatoms. The van der Waals surface area contributed by atoms with Crippen molar-refractivity contribution in [3.8, 4) is 0 Å². The lowest BCUT2D eigenvalue weighted by molar-refractivity contribution is -0.142. The van der Waals surface area contributed by atoms with Gasteiger partial charge in [-0.15, -0.1) is 0 Å². The number of fused-ring (bicyclic) bond motifs is 5. The molecule has 0 bridgehead atoms. The first-order valence-corrected chi connectivity index (χ1v) is 8.31. The Balaban J connectivity index is 1.64. The van der Waals surface area contributed by atoms with Gasteiger partial charge in [0.25, 0.3) is 0 Å². The molecule has 0 spiro atoms. The number of rotatable bonds is 0. The van der Waals surface area contributed by atoms with Crippen LogP contribution < -0.4 is 0 Å². The molecule has 6 atom stereocenters. The maximum Gasteiger partial charge on any atom is 0.137 e. The first-order chi connectivity index (χ1) is 9.25. The van der Waals surface area contributed by atoms with E-state index < -0.39 is 0 Å². The van der Waals surface area contributed by atoms with Crippen LogP contribution in [0.2, 0.25) is 0 Å². The highest BCUT2D eigenvalue weighted by molar-refractivity contribution is 5.92. The Morgan fingerprint density at radius 3 is 2.47 bits per heavy atom. The molecule has 0 N–H and O–H groups in total. The van der Waals surface area contributed by atoms with Crippen LogP contribution in [0.15, 0.2) is 0 Å². The van der Waals surface area contributed by atoms with Crippen LogP contribution in [0.5, 0.6) is 0 Å². The topological polar surface area (TPSA) is 34.1 Å². The van der Waals surface area contributed by atoms with Crippen LogP contribution in [0, 0.1) is 35.5 Å². The fourth-order valence-electron chi connectivity index (χ4n) is 5.99. The van der Waals surface area contributed by atoms with Crippen molar-refractivity contribution in [3.63, 3.8) is 0 Å². The number of ketones is 2. The molecule has 104 valence electrons. The van der Waals surface area contributed by atoms with Crippen molar-refractivity contribution in [2.24, 2.45) is 35.5 Å². The molecule has 0 amide bonds. The molecule has 4 saturated carbocycles. The average molecular weight is 260 g/mol. The highest BCUT2D eigenvalue weighted by atomic mass is 16.1. The summed E-state index contributed by atoms with van der Waals surface area (Å²) in [4.78, 5) is 24.6. The van der Waals surface area contributed by atoms with Gasteiger partial charge in [-0.1, -0.05) is 19.3 Å². The molecule has 4 rings (SSSR count). The minimum absolute atomic E-state index is 0.119. The van der Waals surface area contributed by atoms with E-state index >= 15 is 0 Å². The fourth-order valence-corrected chi connectivity index (χ4v) is 5.99. The Labute approximate surface area is 115 Å². The zero-order valence-corrected chi connectivity index (χ0v) is 11.6. The second-order valence-corrected chi connectivity index (χ2v) is 7.42. The van der Waals surface area contributed by atoms with E-state index in [1.165, 1.54) is 38.5 Å². The maximum atomic E-state index is 12.6. The van der Waals surface area contributed by atoms with Crippen LogP contribution in [-0.2, 0) is 9.59 Å². The first kappa shape index (κ1) is 12.1. The molecular weight excluding hydrogens is 236 g/mol. The van der Waals surface area contributed by atoms with Crippen molar-refractivity contribution in [2.75, 3.05) is 0 Å². The Hall–Kier alpha value is -0.660. The first-order valence-electron chi connectivity index (χ1n) is 8.31. The molecule has 0 aromatic carbocycles. The standard InChI is InChI=1S/C17H24O2/c18-15-8-7-12-13-6-5-10-3-1-2-4-11(10)17(13)16(19)9-14(12)15/h10-14,17H,1-9H2/t10-,11+,12+,13+,14+,17-/m1/s1. The van der Waals surface area contributed by atoms with Gasteiger partial charge in [0.1, 0.15) is 11.6 Å². The van der Waals surface area contributed by atoms with Crippen LogP contribution in [0.3, 0.4) is 0 Å². The van der Waals surface area contributed by atoms with Crippen LogP contribution >= 0.6 is 0 Å². The lowest BCUT2D eigenvalue weighted by Crippen LogP contribution is -2.48. The van der Waals surface area contributed by atoms with Gasteiger partial charge < -0.3 is 0 Å². The van der Waals surface area contributed by atoms with Crippen LogP contribution in [0.1, 0.15) is 57.8 Å². The minimum Gasteiger partial charge on any atom is -0.299 e. The summed E-state index contributed by atoms with van der Waals surface area (Å²) < 4.78 is 0. The second kappa shape index (κ2) is 4.43. The Kier molecular flexibility index (Phi) is 2.82. The van der Waals surface area contributed by atoms with Crippen molar-refractivity contribution in [1.29, 1.82) is 0 Å². The van der Waals surface area contributed by atoms with Gasteiger partial charge >= 0.3 is 0 Å². The molecule has 19 heavy (non-hydrogen) atoms. The van der Waals surface area contributed by atoms with Gasteiger partial charge in [0.05, 0.1) is 0 Å². The highest BCUT2D eigenvalue weighted by Crippen LogP contribution is 2.55. The van der Waals surface area contributed by atoms with E-state index in [-0.39, 0.29) is 5.92 Å². The quantitative estimate of drug-likeness (QED) is 0.669. The summed E-state index contributed by atoms with van der Waals surface area (Å²) in [7, 11) is 0. The molecule has 0 radical (unpaired) electrons. The molecule has 0 aliphatic heterocycles. The summed E-state index contributed by atoms with van der Waals surface area (Å²) in [5.41, 5.74) is 0. The monoisotopic (exact) mass is 260 g/mol. The van der Waals surface area contributed by atoms with E-state index in [1.807, 2.05) is 0 Å². The third-order valence-corrected chi connectivity index (χ3v) is 6.76. The van der Waals surface area contributed by atoms with E-state index in [9.17, 15) is 9.59 Å². The predicted octanol–water partition coefficient (Wildman–Crippen LogP) is 3.39. The van der Waals surface area contributed by atoms with E-state index in [1.54, 1.807) is 0 Å². The molecule has 0 heterocycles. The molecule has 0 aromatic rings. The minimum atomic E-state index is 0.119. The van der Waals surface area contributed by atoms with Crippen LogP contribution in [0.4, 0.5) is 0 Å². The molecule has 4 aliphatic rings. The number of carbonyl (C=O) groups is 2. The van der Waals surface area contributed by atoms with Gasteiger partial charge in [0.2, 0.25) is 0 Å². The zero-order chi connectivity index (χ0) is 13.0. The largest absolute Gasteiger partial charge is 0.299 e. The van der Waals surface area contributed by atoms with Gasteiger partial charge in [-0.25, -0.2) is 0 Å². The highest BCUT2D eigenvalue weighted by Gasteiger charge is 2.54. The zero-order valence-electron chi connectivity index (χ0n) is 11.6. The molecule has 2 nitrogen and oxygen atoms in total. The molecule has 0 saturated heterocycles. The summed E-state index contributed by atoms with van der Waals surface area (Å²) in [6, 6.07) is 0. The maximum absolute atomic E-state index is 12.6. The van der Waals surface area contributed by atoms with Crippen molar-refractivity contribution >= 4 is 11.6 Å². The number of carbonyl (C=O) groups excluding carboxylic acids is 2. The molecule has 0 unspecified atom stereocenters. The van der Waals surface area contributed by atoms with E-state index in [2.05, 4.69) is 0 Å². The molecule has 0 aromatic heterocycles. The summed E-state index contributed by atoms with van der Waals surface area (Å²) >= 11 is 0. The van der Waals surface area contributed by atoms with Crippen molar-refractivity contribution in [3.05, 3.63) is 0 Å². The van der Waals surface area contributed by atoms with E-state index in [4.69, 9.17) is 0 Å². The molecule has 4 fully saturated rings. The predicted molar refractivity (Wildman–Crippen MR) is 72.5 cm³/mol. The lowest BCUT2D eigenvalue weighted by Gasteiger charge is -2.50. The van der Waals surface area contributed by atoms with Gasteiger partial charge in [-0.3, -0.25) is 9.59 Å². The summed E-state index contributed by atoms with van der Waals surface area (Å²) in [5.74, 6) is 3.94. The SMILES string of the molecule is O=C1C[C@@H]2C(=O)CC[C@H]2[C@@H]2CC[C@H]3CCCC[C@@H]3[C@@H]12.